The predicted molar refractivity (Wildman–Crippen MR) is 92.1 cm³/mol. The van der Waals surface area contributed by atoms with Gasteiger partial charge in [-0.3, -0.25) is 10.1 Å². The van der Waals surface area contributed by atoms with E-state index >= 15 is 0 Å². The van der Waals surface area contributed by atoms with Crippen LogP contribution in [0, 0.1) is 11.5 Å². The molecular formula is C19H17N3O3. The molecule has 6 nitrogen and oxygen atoms in total. The van der Waals surface area contributed by atoms with E-state index in [9.17, 15) is 14.9 Å². The standard InChI is InChI=1S/C19H17N3O3/c20-13-22(19(24)21-18(23)14-6-2-1-3-7-14)15-8-4-11-17(12-15)25-16-9-5-10-16/h1-4,6-8,11-12,16H,5,9-10H2,(H,21,23,24). The Bertz CT molecular complexity index is 810. The quantitative estimate of drug-likeness (QED) is 0.685. The first-order chi connectivity index (χ1) is 12.2. The van der Waals surface area contributed by atoms with Crippen LogP contribution in [0.25, 0.3) is 0 Å². The van der Waals surface area contributed by atoms with Gasteiger partial charge >= 0.3 is 6.03 Å². The predicted octanol–water partition coefficient (Wildman–Crippen LogP) is 3.46. The van der Waals surface area contributed by atoms with Gasteiger partial charge in [0.05, 0.1) is 11.8 Å². The highest BCUT2D eigenvalue weighted by molar-refractivity contribution is 6.09. The fourth-order valence-electron chi connectivity index (χ4n) is 2.41. The summed E-state index contributed by atoms with van der Waals surface area (Å²) in [5.41, 5.74) is 0.688. The minimum absolute atomic E-state index is 0.194. The topological polar surface area (TPSA) is 82.4 Å². The van der Waals surface area contributed by atoms with Crippen molar-refractivity contribution in [2.75, 3.05) is 4.90 Å². The Morgan fingerprint density at radius 3 is 2.52 bits per heavy atom. The van der Waals surface area contributed by atoms with Crippen LogP contribution in [0.15, 0.2) is 54.6 Å². The number of hydrogen-bond donors (Lipinski definition) is 1. The van der Waals surface area contributed by atoms with Crippen LogP contribution in [0.2, 0.25) is 0 Å². The molecule has 3 rings (SSSR count). The number of ether oxygens (including phenoxy) is 1. The Morgan fingerprint density at radius 2 is 1.88 bits per heavy atom. The smallest absolute Gasteiger partial charge is 0.342 e. The lowest BCUT2D eigenvalue weighted by Crippen LogP contribution is -2.40. The average Bonchev–Trinajstić information content (AvgIpc) is 2.60. The summed E-state index contributed by atoms with van der Waals surface area (Å²) in [5.74, 6) is 0.0392. The van der Waals surface area contributed by atoms with Gasteiger partial charge < -0.3 is 4.74 Å². The average molecular weight is 335 g/mol. The van der Waals surface area contributed by atoms with Crippen LogP contribution in [-0.2, 0) is 0 Å². The van der Waals surface area contributed by atoms with Crippen molar-refractivity contribution in [3.05, 3.63) is 60.2 Å². The second-order valence-electron chi connectivity index (χ2n) is 5.73. The molecule has 0 unspecified atom stereocenters. The first-order valence-corrected chi connectivity index (χ1v) is 8.04. The summed E-state index contributed by atoms with van der Waals surface area (Å²) in [6, 6.07) is 14.3. The highest BCUT2D eigenvalue weighted by Crippen LogP contribution is 2.27. The molecule has 0 aromatic heterocycles. The number of amides is 3. The number of hydrogen-bond acceptors (Lipinski definition) is 4. The van der Waals surface area contributed by atoms with Gasteiger partial charge in [0.25, 0.3) is 5.91 Å². The van der Waals surface area contributed by atoms with Crippen molar-refractivity contribution in [1.82, 2.24) is 5.32 Å². The molecule has 0 bridgehead atoms. The molecule has 0 radical (unpaired) electrons. The van der Waals surface area contributed by atoms with Gasteiger partial charge in [-0.05, 0) is 43.5 Å². The van der Waals surface area contributed by atoms with E-state index in [4.69, 9.17) is 4.74 Å². The number of nitriles is 1. The van der Waals surface area contributed by atoms with Gasteiger partial charge in [0.1, 0.15) is 5.75 Å². The van der Waals surface area contributed by atoms with Crippen LogP contribution in [0.1, 0.15) is 29.6 Å². The summed E-state index contributed by atoms with van der Waals surface area (Å²) in [5, 5.41) is 11.5. The third kappa shape index (κ3) is 3.96. The molecule has 1 aliphatic rings. The molecular weight excluding hydrogens is 318 g/mol. The van der Waals surface area contributed by atoms with Crippen LogP contribution in [0.4, 0.5) is 10.5 Å². The van der Waals surface area contributed by atoms with Gasteiger partial charge in [0.2, 0.25) is 0 Å². The van der Waals surface area contributed by atoms with E-state index in [1.165, 1.54) is 0 Å². The van der Waals surface area contributed by atoms with Crippen molar-refractivity contribution >= 4 is 17.6 Å². The van der Waals surface area contributed by atoms with E-state index in [-0.39, 0.29) is 6.10 Å². The van der Waals surface area contributed by atoms with Gasteiger partial charge in [0.15, 0.2) is 6.19 Å². The molecule has 1 fully saturated rings. The summed E-state index contributed by atoms with van der Waals surface area (Å²) in [7, 11) is 0. The van der Waals surface area contributed by atoms with Crippen molar-refractivity contribution < 1.29 is 14.3 Å². The van der Waals surface area contributed by atoms with E-state index in [0.717, 1.165) is 24.2 Å². The van der Waals surface area contributed by atoms with E-state index < -0.39 is 11.9 Å². The van der Waals surface area contributed by atoms with E-state index in [1.807, 2.05) is 0 Å². The lowest BCUT2D eigenvalue weighted by molar-refractivity contribution is 0.0966. The fraction of sp³-hybridized carbons (Fsp3) is 0.211. The van der Waals surface area contributed by atoms with Crippen molar-refractivity contribution in [3.63, 3.8) is 0 Å². The lowest BCUT2D eigenvalue weighted by Gasteiger charge is -2.26. The molecule has 0 aliphatic heterocycles. The first-order valence-electron chi connectivity index (χ1n) is 8.04. The number of benzene rings is 2. The molecule has 0 atom stereocenters. The fourth-order valence-corrected chi connectivity index (χ4v) is 2.41. The molecule has 3 amide bonds. The number of rotatable bonds is 4. The van der Waals surface area contributed by atoms with Crippen molar-refractivity contribution in [1.29, 1.82) is 5.26 Å². The molecule has 0 spiro atoms. The van der Waals surface area contributed by atoms with Gasteiger partial charge in [-0.15, -0.1) is 0 Å². The molecule has 1 saturated carbocycles. The number of carbonyl (C=O) groups is 2. The minimum atomic E-state index is -0.808. The maximum absolute atomic E-state index is 12.3. The molecule has 2 aromatic rings. The molecule has 0 saturated heterocycles. The maximum Gasteiger partial charge on any atom is 0.342 e. The summed E-state index contributed by atoms with van der Waals surface area (Å²) >= 11 is 0. The summed E-state index contributed by atoms with van der Waals surface area (Å²) in [6.45, 7) is 0. The Hall–Kier alpha value is -3.33. The minimum Gasteiger partial charge on any atom is -0.490 e. The van der Waals surface area contributed by atoms with E-state index in [1.54, 1.807) is 60.8 Å². The van der Waals surface area contributed by atoms with Crippen LogP contribution < -0.4 is 15.0 Å². The first kappa shape index (κ1) is 16.5. The molecule has 1 aliphatic carbocycles. The zero-order valence-electron chi connectivity index (χ0n) is 13.5. The van der Waals surface area contributed by atoms with Gasteiger partial charge in [-0.25, -0.2) is 4.79 Å². The van der Waals surface area contributed by atoms with Gasteiger partial charge in [-0.2, -0.15) is 10.2 Å². The highest BCUT2D eigenvalue weighted by atomic mass is 16.5. The molecule has 6 heteroatoms. The second kappa shape index (κ2) is 7.49. The Labute approximate surface area is 145 Å². The largest absolute Gasteiger partial charge is 0.490 e. The Balaban J connectivity index is 1.71. The van der Waals surface area contributed by atoms with Crippen LogP contribution in [-0.4, -0.2) is 18.0 Å². The molecule has 126 valence electrons. The number of anilines is 1. The number of nitrogens with zero attached hydrogens (tertiary/aromatic N) is 2. The van der Waals surface area contributed by atoms with E-state index in [2.05, 4.69) is 5.32 Å². The molecule has 1 N–H and O–H groups in total. The zero-order chi connectivity index (χ0) is 17.6. The third-order valence-electron chi connectivity index (χ3n) is 3.99. The zero-order valence-corrected chi connectivity index (χ0v) is 13.5. The summed E-state index contributed by atoms with van der Waals surface area (Å²) < 4.78 is 5.78. The van der Waals surface area contributed by atoms with E-state index in [0.29, 0.717) is 17.0 Å². The maximum atomic E-state index is 12.3. The number of nitrogens with one attached hydrogen (secondary N) is 1. The van der Waals surface area contributed by atoms with Crippen molar-refractivity contribution in [2.45, 2.75) is 25.4 Å². The molecule has 2 aromatic carbocycles. The van der Waals surface area contributed by atoms with Gasteiger partial charge in [0, 0.05) is 11.6 Å². The number of imide groups is 1. The Morgan fingerprint density at radius 1 is 1.12 bits per heavy atom. The highest BCUT2D eigenvalue weighted by Gasteiger charge is 2.21. The molecule has 0 heterocycles. The normalized spacial score (nSPS) is 13.2. The van der Waals surface area contributed by atoms with Crippen LogP contribution in [0.5, 0.6) is 5.75 Å². The van der Waals surface area contributed by atoms with Gasteiger partial charge in [-0.1, -0.05) is 24.3 Å². The van der Waals surface area contributed by atoms with Crippen LogP contribution in [0.3, 0.4) is 0 Å². The summed E-state index contributed by atoms with van der Waals surface area (Å²) in [4.78, 5) is 25.2. The SMILES string of the molecule is N#CN(C(=O)NC(=O)c1ccccc1)c1cccc(OC2CCC2)c1. The number of carbonyl (C=O) groups excluding carboxylic acids is 2. The molecule has 25 heavy (non-hydrogen) atoms. The summed E-state index contributed by atoms with van der Waals surface area (Å²) in [6.07, 6.45) is 5.17. The number of urea groups is 1. The van der Waals surface area contributed by atoms with Crippen LogP contribution >= 0.6 is 0 Å². The lowest BCUT2D eigenvalue weighted by atomic mass is 9.96. The van der Waals surface area contributed by atoms with Crippen molar-refractivity contribution in [2.24, 2.45) is 0 Å². The second-order valence-corrected chi connectivity index (χ2v) is 5.73. The Kier molecular flexibility index (Phi) is 4.95. The van der Waals surface area contributed by atoms with Crippen molar-refractivity contribution in [3.8, 4) is 11.9 Å². The third-order valence-corrected chi connectivity index (χ3v) is 3.99. The monoisotopic (exact) mass is 335 g/mol.